The van der Waals surface area contributed by atoms with Gasteiger partial charge in [-0.15, -0.1) is 0 Å². The minimum Gasteiger partial charge on any atom is -0.372 e. The van der Waals surface area contributed by atoms with Crippen LogP contribution in [0.15, 0.2) is 23.4 Å². The lowest BCUT2D eigenvalue weighted by Gasteiger charge is -2.36. The van der Waals surface area contributed by atoms with Gasteiger partial charge in [-0.3, -0.25) is 4.79 Å². The van der Waals surface area contributed by atoms with E-state index in [-0.39, 0.29) is 22.3 Å². The molecule has 0 bridgehead atoms. The number of hydrogen-bond acceptors (Lipinski definition) is 5. The Morgan fingerprint density at radius 3 is 2.55 bits per heavy atom. The van der Waals surface area contributed by atoms with Gasteiger partial charge in [0.15, 0.2) is 5.03 Å². The molecule has 0 spiro atoms. The first-order valence-electron chi connectivity index (χ1n) is 7.02. The van der Waals surface area contributed by atoms with Crippen LogP contribution in [0.1, 0.15) is 20.8 Å². The zero-order valence-corrected chi connectivity index (χ0v) is 14.3. The molecule has 22 heavy (non-hydrogen) atoms. The monoisotopic (exact) mass is 346 g/mol. The molecule has 1 aliphatic heterocycles. The van der Waals surface area contributed by atoms with Crippen molar-refractivity contribution in [2.45, 2.75) is 43.3 Å². The number of carbonyl (C=O) groups is 1. The number of aromatic nitrogens is 1. The number of ether oxygens (including phenoxy) is 1. The van der Waals surface area contributed by atoms with Crippen molar-refractivity contribution in [3.63, 3.8) is 0 Å². The van der Waals surface area contributed by atoms with Gasteiger partial charge < -0.3 is 9.64 Å². The molecule has 0 aliphatic carbocycles. The van der Waals surface area contributed by atoms with Gasteiger partial charge in [0.25, 0.3) is 0 Å². The van der Waals surface area contributed by atoms with Crippen LogP contribution in [0.2, 0.25) is 5.02 Å². The second-order valence-electron chi connectivity index (χ2n) is 5.48. The molecule has 3 atom stereocenters. The molecule has 2 heterocycles. The summed E-state index contributed by atoms with van der Waals surface area (Å²) in [4.78, 5) is 17.9. The summed E-state index contributed by atoms with van der Waals surface area (Å²) in [5.41, 5.74) is 0. The molecule has 1 fully saturated rings. The highest BCUT2D eigenvalue weighted by Gasteiger charge is 2.37. The van der Waals surface area contributed by atoms with E-state index < -0.39 is 21.0 Å². The Morgan fingerprint density at radius 1 is 1.41 bits per heavy atom. The highest BCUT2D eigenvalue weighted by Crippen LogP contribution is 2.24. The van der Waals surface area contributed by atoms with Crippen molar-refractivity contribution in [1.29, 1.82) is 0 Å². The number of pyridine rings is 1. The average molecular weight is 347 g/mol. The van der Waals surface area contributed by atoms with Crippen LogP contribution in [0.4, 0.5) is 0 Å². The molecule has 1 aliphatic rings. The molecule has 8 heteroatoms. The normalized spacial score (nSPS) is 24.1. The van der Waals surface area contributed by atoms with Crippen molar-refractivity contribution in [2.75, 3.05) is 13.1 Å². The first-order chi connectivity index (χ1) is 10.2. The summed E-state index contributed by atoms with van der Waals surface area (Å²) >= 11 is 5.90. The molecule has 1 aromatic rings. The first kappa shape index (κ1) is 17.2. The van der Waals surface area contributed by atoms with E-state index in [1.165, 1.54) is 24.1 Å². The summed E-state index contributed by atoms with van der Waals surface area (Å²) in [7, 11) is -3.93. The Labute approximate surface area is 135 Å². The molecule has 2 rings (SSSR count). The van der Waals surface area contributed by atoms with Crippen LogP contribution in [0.25, 0.3) is 0 Å². The second-order valence-corrected chi connectivity index (χ2v) is 8.07. The number of halogens is 1. The largest absolute Gasteiger partial charge is 0.372 e. The lowest BCUT2D eigenvalue weighted by atomic mass is 10.2. The van der Waals surface area contributed by atoms with Gasteiger partial charge in [-0.1, -0.05) is 11.6 Å². The molecule has 0 N–H and O–H groups in total. The lowest BCUT2D eigenvalue weighted by Crippen LogP contribution is -2.52. The molecular weight excluding hydrogens is 328 g/mol. The third kappa shape index (κ3) is 3.42. The summed E-state index contributed by atoms with van der Waals surface area (Å²) in [5.74, 6) is -0.455. The van der Waals surface area contributed by atoms with Crippen LogP contribution in [-0.2, 0) is 19.4 Å². The molecular formula is C14H19ClN2O4S. The SMILES string of the molecule is C[C@@H]1CN(C(=O)[C@H](C)S(=O)(=O)c2ncccc2Cl)C[C@@H](C)O1. The Hall–Kier alpha value is -1.18. The molecule has 0 unspecified atom stereocenters. The number of sulfone groups is 1. The Morgan fingerprint density at radius 2 is 2.00 bits per heavy atom. The predicted octanol–water partition coefficient (Wildman–Crippen LogP) is 1.53. The number of morpholine rings is 1. The number of hydrogen-bond donors (Lipinski definition) is 0. The maximum Gasteiger partial charge on any atom is 0.241 e. The van der Waals surface area contributed by atoms with Gasteiger partial charge in [-0.2, -0.15) is 0 Å². The van der Waals surface area contributed by atoms with Crippen LogP contribution in [0.5, 0.6) is 0 Å². The maximum absolute atomic E-state index is 12.6. The topological polar surface area (TPSA) is 76.6 Å². The number of nitrogens with zero attached hydrogens (tertiary/aromatic N) is 2. The van der Waals surface area contributed by atoms with Gasteiger partial charge >= 0.3 is 0 Å². The summed E-state index contributed by atoms with van der Waals surface area (Å²) in [6.45, 7) is 5.82. The second kappa shape index (κ2) is 6.52. The Kier molecular flexibility index (Phi) is 5.09. The van der Waals surface area contributed by atoms with Crippen molar-refractivity contribution in [2.24, 2.45) is 0 Å². The fraction of sp³-hybridized carbons (Fsp3) is 0.571. The lowest BCUT2D eigenvalue weighted by molar-refractivity contribution is -0.142. The molecule has 0 radical (unpaired) electrons. The highest BCUT2D eigenvalue weighted by molar-refractivity contribution is 7.92. The van der Waals surface area contributed by atoms with Gasteiger partial charge in [0.2, 0.25) is 15.7 Å². The minimum absolute atomic E-state index is 0.0193. The summed E-state index contributed by atoms with van der Waals surface area (Å²) in [6, 6.07) is 2.98. The van der Waals surface area contributed by atoms with E-state index >= 15 is 0 Å². The third-order valence-corrected chi connectivity index (χ3v) is 5.95. The molecule has 1 aromatic heterocycles. The zero-order chi connectivity index (χ0) is 16.5. The Bertz CT molecular complexity index is 655. The van der Waals surface area contributed by atoms with E-state index in [4.69, 9.17) is 16.3 Å². The van der Waals surface area contributed by atoms with E-state index in [1.54, 1.807) is 6.07 Å². The van der Waals surface area contributed by atoms with Crippen LogP contribution >= 0.6 is 11.6 Å². The van der Waals surface area contributed by atoms with E-state index in [0.29, 0.717) is 13.1 Å². The van der Waals surface area contributed by atoms with Crippen LogP contribution in [0, 0.1) is 0 Å². The van der Waals surface area contributed by atoms with E-state index in [9.17, 15) is 13.2 Å². The number of rotatable bonds is 3. The summed E-state index contributed by atoms with van der Waals surface area (Å²) in [5, 5.41) is -1.48. The summed E-state index contributed by atoms with van der Waals surface area (Å²) < 4.78 is 30.7. The van der Waals surface area contributed by atoms with Gasteiger partial charge in [0.05, 0.1) is 17.2 Å². The highest BCUT2D eigenvalue weighted by atomic mass is 35.5. The van der Waals surface area contributed by atoms with Gasteiger partial charge in [0, 0.05) is 19.3 Å². The van der Waals surface area contributed by atoms with Gasteiger partial charge in [-0.05, 0) is 32.9 Å². The fourth-order valence-electron chi connectivity index (χ4n) is 2.50. The van der Waals surface area contributed by atoms with Crippen LogP contribution in [0.3, 0.4) is 0 Å². The minimum atomic E-state index is -3.93. The quantitative estimate of drug-likeness (QED) is 0.829. The smallest absolute Gasteiger partial charge is 0.241 e. The number of amides is 1. The van der Waals surface area contributed by atoms with Crippen molar-refractivity contribution < 1.29 is 17.9 Å². The molecule has 1 saturated heterocycles. The van der Waals surface area contributed by atoms with Gasteiger partial charge in [-0.25, -0.2) is 13.4 Å². The summed E-state index contributed by atoms with van der Waals surface area (Å²) in [6.07, 6.45) is 1.09. The molecule has 122 valence electrons. The van der Waals surface area contributed by atoms with Crippen molar-refractivity contribution >= 4 is 27.3 Å². The standard InChI is InChI=1S/C14H19ClN2O4S/c1-9-7-17(8-10(2)21-9)14(18)11(3)22(19,20)13-12(15)5-4-6-16-13/h4-6,9-11H,7-8H2,1-3H3/t9-,10-,11+/m1/s1. The first-order valence-corrected chi connectivity index (χ1v) is 8.94. The molecule has 0 aromatic carbocycles. The van der Waals surface area contributed by atoms with E-state index in [0.717, 1.165) is 0 Å². The van der Waals surface area contributed by atoms with Crippen LogP contribution in [-0.4, -0.2) is 54.8 Å². The van der Waals surface area contributed by atoms with E-state index in [1.807, 2.05) is 13.8 Å². The number of carbonyl (C=O) groups excluding carboxylic acids is 1. The Balaban J connectivity index is 2.25. The predicted molar refractivity (Wildman–Crippen MR) is 82.5 cm³/mol. The van der Waals surface area contributed by atoms with Crippen molar-refractivity contribution in [3.05, 3.63) is 23.4 Å². The molecule has 1 amide bonds. The van der Waals surface area contributed by atoms with E-state index in [2.05, 4.69) is 4.98 Å². The molecule has 0 saturated carbocycles. The molecule has 6 nitrogen and oxygen atoms in total. The van der Waals surface area contributed by atoms with Gasteiger partial charge in [0.1, 0.15) is 5.25 Å². The fourth-order valence-corrected chi connectivity index (χ4v) is 4.24. The third-order valence-electron chi connectivity index (χ3n) is 3.54. The van der Waals surface area contributed by atoms with Crippen LogP contribution < -0.4 is 0 Å². The average Bonchev–Trinajstić information content (AvgIpc) is 2.44. The van der Waals surface area contributed by atoms with Crippen molar-refractivity contribution in [1.82, 2.24) is 9.88 Å². The van der Waals surface area contributed by atoms with Crippen molar-refractivity contribution in [3.8, 4) is 0 Å². The maximum atomic E-state index is 12.6. The zero-order valence-electron chi connectivity index (χ0n) is 12.7.